The molecule has 68 valence electrons. The molecule has 13 heavy (non-hydrogen) atoms. The van der Waals surface area contributed by atoms with Crippen molar-refractivity contribution in [2.75, 3.05) is 13.6 Å². The molecule has 0 amide bonds. The number of rotatable bonds is 0. The second-order valence-corrected chi connectivity index (χ2v) is 3.71. The Morgan fingerprint density at radius 3 is 3.23 bits per heavy atom. The quantitative estimate of drug-likeness (QED) is 0.609. The van der Waals surface area contributed by atoms with Crippen molar-refractivity contribution in [2.45, 2.75) is 13.1 Å². The molecule has 0 fully saturated rings. The maximum Gasteiger partial charge on any atom is 0.206 e. The summed E-state index contributed by atoms with van der Waals surface area (Å²) in [6, 6.07) is 4.25. The third kappa shape index (κ3) is 0.937. The minimum absolute atomic E-state index is 1.03. The van der Waals surface area contributed by atoms with E-state index in [2.05, 4.69) is 22.6 Å². The molecule has 3 heteroatoms. The van der Waals surface area contributed by atoms with Crippen molar-refractivity contribution >= 4 is 11.1 Å². The molecule has 1 aliphatic heterocycles. The van der Waals surface area contributed by atoms with Crippen molar-refractivity contribution in [2.24, 2.45) is 0 Å². The van der Waals surface area contributed by atoms with Crippen molar-refractivity contribution in [3.63, 3.8) is 0 Å². The Kier molecular flexibility index (Phi) is 1.32. The van der Waals surface area contributed by atoms with Crippen LogP contribution in [0.15, 0.2) is 22.8 Å². The van der Waals surface area contributed by atoms with Crippen LogP contribution in [0.2, 0.25) is 0 Å². The number of furan rings is 1. The Labute approximate surface area is 76.5 Å². The summed E-state index contributed by atoms with van der Waals surface area (Å²) in [6.07, 6.45) is 1.76. The summed E-state index contributed by atoms with van der Waals surface area (Å²) in [6.45, 7) is 3.19. The highest BCUT2D eigenvalue weighted by Gasteiger charge is 2.17. The first-order valence-electron chi connectivity index (χ1n) is 4.59. The monoisotopic (exact) mass is 176 g/mol. The van der Waals surface area contributed by atoms with Gasteiger partial charge in [-0.25, -0.2) is 0 Å². The second kappa shape index (κ2) is 2.39. The highest BCUT2D eigenvalue weighted by molar-refractivity contribution is 5.76. The zero-order valence-electron chi connectivity index (χ0n) is 7.66. The van der Waals surface area contributed by atoms with Gasteiger partial charge in [-0.3, -0.25) is 4.90 Å². The minimum atomic E-state index is 1.03. The first kappa shape index (κ1) is 7.21. The lowest BCUT2D eigenvalue weighted by atomic mass is 10.3. The van der Waals surface area contributed by atoms with E-state index in [1.807, 2.05) is 6.07 Å². The first-order valence-corrected chi connectivity index (χ1v) is 4.59. The zero-order chi connectivity index (χ0) is 8.84. The van der Waals surface area contributed by atoms with E-state index in [9.17, 15) is 0 Å². The average molecular weight is 176 g/mol. The maximum absolute atomic E-state index is 5.44. The van der Waals surface area contributed by atoms with Crippen LogP contribution in [-0.2, 0) is 13.1 Å². The van der Waals surface area contributed by atoms with E-state index in [0.29, 0.717) is 0 Å². The van der Waals surface area contributed by atoms with Crippen molar-refractivity contribution in [3.8, 4) is 0 Å². The molecule has 0 saturated heterocycles. The van der Waals surface area contributed by atoms with Crippen molar-refractivity contribution < 1.29 is 4.42 Å². The van der Waals surface area contributed by atoms with Crippen molar-refractivity contribution in [1.29, 1.82) is 0 Å². The summed E-state index contributed by atoms with van der Waals surface area (Å²) in [5, 5.41) is 1.23. The van der Waals surface area contributed by atoms with Gasteiger partial charge in [-0.2, -0.15) is 0 Å². The lowest BCUT2D eigenvalue weighted by Crippen LogP contribution is -2.29. The summed E-state index contributed by atoms with van der Waals surface area (Å²) in [5.41, 5.74) is 2.39. The van der Waals surface area contributed by atoms with E-state index < -0.39 is 0 Å². The van der Waals surface area contributed by atoms with Gasteiger partial charge in [-0.1, -0.05) is 0 Å². The highest BCUT2D eigenvalue weighted by atomic mass is 16.3. The molecule has 0 spiro atoms. The molecular weight excluding hydrogens is 164 g/mol. The molecule has 2 aromatic heterocycles. The van der Waals surface area contributed by atoms with E-state index in [1.165, 1.54) is 11.1 Å². The van der Waals surface area contributed by atoms with Crippen molar-refractivity contribution in [3.05, 3.63) is 24.1 Å². The number of aromatic nitrogens is 1. The van der Waals surface area contributed by atoms with Gasteiger partial charge < -0.3 is 8.98 Å². The lowest BCUT2D eigenvalue weighted by Gasteiger charge is -2.24. The standard InChI is InChI=1S/C10H12N2O/c1-11-3-4-12-9(7-11)6-8-2-5-13-10(8)12/h2,5-6H,3-4,7H2,1H3. The predicted octanol–water partition coefficient (Wildman–Crippen LogP) is 1.68. The molecule has 0 radical (unpaired) electrons. The minimum Gasteiger partial charge on any atom is -0.448 e. The molecule has 0 aromatic carbocycles. The Morgan fingerprint density at radius 1 is 1.38 bits per heavy atom. The van der Waals surface area contributed by atoms with E-state index in [1.54, 1.807) is 6.26 Å². The molecule has 0 saturated carbocycles. The molecule has 0 N–H and O–H groups in total. The van der Waals surface area contributed by atoms with Crippen LogP contribution in [-0.4, -0.2) is 23.1 Å². The summed E-state index contributed by atoms with van der Waals surface area (Å²) < 4.78 is 7.71. The maximum atomic E-state index is 5.44. The van der Waals surface area contributed by atoms with Crippen LogP contribution in [0.3, 0.4) is 0 Å². The van der Waals surface area contributed by atoms with Crippen LogP contribution in [0, 0.1) is 0 Å². The molecule has 1 aliphatic rings. The van der Waals surface area contributed by atoms with Gasteiger partial charge in [-0.05, 0) is 19.2 Å². The van der Waals surface area contributed by atoms with E-state index in [-0.39, 0.29) is 0 Å². The fourth-order valence-electron chi connectivity index (χ4n) is 2.03. The third-order valence-corrected chi connectivity index (χ3v) is 2.73. The number of hydrogen-bond acceptors (Lipinski definition) is 2. The summed E-state index contributed by atoms with van der Waals surface area (Å²) in [4.78, 5) is 2.33. The second-order valence-electron chi connectivity index (χ2n) is 3.71. The zero-order valence-corrected chi connectivity index (χ0v) is 7.66. The van der Waals surface area contributed by atoms with E-state index in [4.69, 9.17) is 4.42 Å². The van der Waals surface area contributed by atoms with Crippen molar-refractivity contribution in [1.82, 2.24) is 9.47 Å². The molecule has 0 atom stereocenters. The average Bonchev–Trinajstić information content (AvgIpc) is 2.62. The van der Waals surface area contributed by atoms with Gasteiger partial charge in [0, 0.05) is 30.7 Å². The van der Waals surface area contributed by atoms with Gasteiger partial charge in [0.15, 0.2) is 0 Å². The Bertz CT molecular complexity index is 441. The van der Waals surface area contributed by atoms with Gasteiger partial charge in [0.2, 0.25) is 5.71 Å². The van der Waals surface area contributed by atoms with Crippen LogP contribution in [0.1, 0.15) is 5.69 Å². The Balaban J connectivity index is 2.22. The highest BCUT2D eigenvalue weighted by Crippen LogP contribution is 2.23. The van der Waals surface area contributed by atoms with Crippen LogP contribution in [0.5, 0.6) is 0 Å². The van der Waals surface area contributed by atoms with Gasteiger partial charge in [0.1, 0.15) is 0 Å². The molecular formula is C10H12N2O. The van der Waals surface area contributed by atoms with Gasteiger partial charge in [0.05, 0.1) is 6.26 Å². The first-order chi connectivity index (χ1) is 6.34. The molecule has 3 rings (SSSR count). The smallest absolute Gasteiger partial charge is 0.206 e. The number of hydrogen-bond donors (Lipinski definition) is 0. The van der Waals surface area contributed by atoms with E-state index in [0.717, 1.165) is 25.3 Å². The normalized spacial score (nSPS) is 17.9. The number of nitrogens with zero attached hydrogens (tertiary/aromatic N) is 2. The van der Waals surface area contributed by atoms with Crippen LogP contribution < -0.4 is 0 Å². The number of likely N-dealkylation sites (N-methyl/N-ethyl adjacent to an activating group) is 1. The van der Waals surface area contributed by atoms with Gasteiger partial charge >= 0.3 is 0 Å². The summed E-state index contributed by atoms with van der Waals surface area (Å²) in [7, 11) is 2.15. The van der Waals surface area contributed by atoms with E-state index >= 15 is 0 Å². The molecule has 0 unspecified atom stereocenters. The summed E-state index contributed by atoms with van der Waals surface area (Å²) in [5.74, 6) is 0. The van der Waals surface area contributed by atoms with Crippen LogP contribution in [0.4, 0.5) is 0 Å². The molecule has 0 aliphatic carbocycles. The fraction of sp³-hybridized carbons (Fsp3) is 0.400. The lowest BCUT2D eigenvalue weighted by molar-refractivity contribution is 0.269. The third-order valence-electron chi connectivity index (χ3n) is 2.73. The molecule has 3 nitrogen and oxygen atoms in total. The molecule has 0 bridgehead atoms. The Hall–Kier alpha value is -1.22. The predicted molar refractivity (Wildman–Crippen MR) is 50.5 cm³/mol. The molecule has 2 aromatic rings. The fourth-order valence-corrected chi connectivity index (χ4v) is 2.03. The summed E-state index contributed by atoms with van der Waals surface area (Å²) >= 11 is 0. The van der Waals surface area contributed by atoms with Crippen LogP contribution in [0.25, 0.3) is 11.1 Å². The van der Waals surface area contributed by atoms with Gasteiger partial charge in [0.25, 0.3) is 0 Å². The largest absolute Gasteiger partial charge is 0.448 e. The molecule has 3 heterocycles. The number of fused-ring (bicyclic) bond motifs is 3. The van der Waals surface area contributed by atoms with Gasteiger partial charge in [-0.15, -0.1) is 0 Å². The topological polar surface area (TPSA) is 21.3 Å². The SMILES string of the molecule is CN1CCn2c(cc3ccoc32)C1. The Morgan fingerprint density at radius 2 is 2.31 bits per heavy atom. The van der Waals surface area contributed by atoms with Crippen LogP contribution >= 0.6 is 0 Å².